The Morgan fingerprint density at radius 3 is 2.81 bits per heavy atom. The topological polar surface area (TPSA) is 122 Å². The van der Waals surface area contributed by atoms with Crippen molar-refractivity contribution in [1.82, 2.24) is 9.97 Å². The molecular formula is C12H17N3O5S. The van der Waals surface area contributed by atoms with Crippen LogP contribution in [0.4, 0.5) is 5.82 Å². The van der Waals surface area contributed by atoms with Crippen LogP contribution < -0.4 is 5.32 Å². The molecule has 1 unspecified atom stereocenters. The number of ether oxygens (including phenoxy) is 1. The molecular weight excluding hydrogens is 298 g/mol. The number of esters is 1. The van der Waals surface area contributed by atoms with Gasteiger partial charge in [0.2, 0.25) is 0 Å². The van der Waals surface area contributed by atoms with Crippen molar-refractivity contribution in [3.63, 3.8) is 0 Å². The third-order valence-electron chi connectivity index (χ3n) is 2.33. The van der Waals surface area contributed by atoms with E-state index >= 15 is 0 Å². The first-order chi connectivity index (χ1) is 9.85. The monoisotopic (exact) mass is 315 g/mol. The van der Waals surface area contributed by atoms with Gasteiger partial charge in [-0.15, -0.1) is 0 Å². The molecule has 1 atom stereocenters. The molecule has 0 bridgehead atoms. The summed E-state index contributed by atoms with van der Waals surface area (Å²) in [7, 11) is 0. The molecule has 0 saturated heterocycles. The molecule has 0 fully saturated rings. The van der Waals surface area contributed by atoms with Gasteiger partial charge in [-0.05, 0) is 13.8 Å². The van der Waals surface area contributed by atoms with E-state index in [9.17, 15) is 14.7 Å². The van der Waals surface area contributed by atoms with E-state index in [2.05, 4.69) is 15.3 Å². The van der Waals surface area contributed by atoms with E-state index < -0.39 is 11.6 Å². The van der Waals surface area contributed by atoms with E-state index in [1.807, 2.05) is 0 Å². The second kappa shape index (κ2) is 7.79. The fourth-order valence-electron chi connectivity index (χ4n) is 1.18. The SMILES string of the molecule is CCOC(=O)CSc1cncc(NCC(C)(O)C(=O)O)n1. The van der Waals surface area contributed by atoms with Gasteiger partial charge in [-0.1, -0.05) is 11.8 Å². The van der Waals surface area contributed by atoms with Gasteiger partial charge in [-0.3, -0.25) is 9.78 Å². The van der Waals surface area contributed by atoms with E-state index in [1.165, 1.54) is 19.3 Å². The molecule has 9 heteroatoms. The molecule has 0 spiro atoms. The van der Waals surface area contributed by atoms with Crippen LogP contribution in [0.1, 0.15) is 13.8 Å². The Labute approximate surface area is 125 Å². The number of carboxylic acid groups (broad SMARTS) is 1. The summed E-state index contributed by atoms with van der Waals surface area (Å²) in [4.78, 5) is 30.1. The zero-order valence-corrected chi connectivity index (χ0v) is 12.5. The molecule has 0 aromatic carbocycles. The van der Waals surface area contributed by atoms with Crippen molar-refractivity contribution in [1.29, 1.82) is 0 Å². The first kappa shape index (κ1) is 17.2. The predicted octanol–water partition coefficient (Wildman–Crippen LogP) is 0.379. The summed E-state index contributed by atoms with van der Waals surface area (Å²) in [5.74, 6) is -1.27. The summed E-state index contributed by atoms with van der Waals surface area (Å²) in [6, 6.07) is 0. The van der Waals surface area contributed by atoms with Crippen LogP contribution in [0.5, 0.6) is 0 Å². The average molecular weight is 315 g/mol. The van der Waals surface area contributed by atoms with Gasteiger partial charge in [0.05, 0.1) is 31.3 Å². The van der Waals surface area contributed by atoms with Gasteiger partial charge in [0.15, 0.2) is 5.60 Å². The Morgan fingerprint density at radius 2 is 2.19 bits per heavy atom. The van der Waals surface area contributed by atoms with Gasteiger partial charge in [-0.25, -0.2) is 9.78 Å². The lowest BCUT2D eigenvalue weighted by Crippen LogP contribution is -2.41. The minimum Gasteiger partial charge on any atom is -0.479 e. The molecule has 8 nitrogen and oxygen atoms in total. The van der Waals surface area contributed by atoms with Crippen LogP contribution in [0.15, 0.2) is 17.4 Å². The maximum atomic E-state index is 11.2. The molecule has 0 aliphatic heterocycles. The largest absolute Gasteiger partial charge is 0.479 e. The Bertz CT molecular complexity index is 509. The number of aliphatic carboxylic acids is 1. The van der Waals surface area contributed by atoms with Crippen LogP contribution in [0.2, 0.25) is 0 Å². The fourth-order valence-corrected chi connectivity index (χ4v) is 1.82. The molecule has 1 aromatic rings. The Morgan fingerprint density at radius 1 is 1.48 bits per heavy atom. The van der Waals surface area contributed by atoms with Crippen LogP contribution in [0.3, 0.4) is 0 Å². The summed E-state index contributed by atoms with van der Waals surface area (Å²) in [6.45, 7) is 3.00. The second-order valence-electron chi connectivity index (χ2n) is 4.27. The van der Waals surface area contributed by atoms with Gasteiger partial charge < -0.3 is 20.3 Å². The molecule has 21 heavy (non-hydrogen) atoms. The van der Waals surface area contributed by atoms with Crippen molar-refractivity contribution >= 4 is 29.5 Å². The number of aromatic nitrogens is 2. The minimum absolute atomic E-state index is 0.110. The third kappa shape index (κ3) is 5.96. The molecule has 0 amide bonds. The molecule has 1 rings (SSSR count). The number of nitrogens with zero attached hydrogens (tertiary/aromatic N) is 2. The van der Waals surface area contributed by atoms with E-state index in [-0.39, 0.29) is 18.3 Å². The lowest BCUT2D eigenvalue weighted by Gasteiger charge is -2.18. The van der Waals surface area contributed by atoms with Gasteiger partial charge >= 0.3 is 11.9 Å². The number of aliphatic hydroxyl groups is 1. The highest BCUT2D eigenvalue weighted by molar-refractivity contribution is 7.99. The molecule has 0 radical (unpaired) electrons. The first-order valence-corrected chi connectivity index (χ1v) is 7.14. The number of nitrogens with one attached hydrogen (secondary N) is 1. The lowest BCUT2D eigenvalue weighted by molar-refractivity contribution is -0.155. The molecule has 116 valence electrons. The zero-order chi connectivity index (χ0) is 15.9. The van der Waals surface area contributed by atoms with Gasteiger partial charge in [0, 0.05) is 0 Å². The standard InChI is InChI=1S/C12H17N3O5S/c1-3-20-10(16)6-21-9-5-13-4-8(15-9)14-7-12(2,19)11(17)18/h4-5,19H,3,6-7H2,1-2H3,(H,14,15)(H,17,18). The lowest BCUT2D eigenvalue weighted by atomic mass is 10.1. The zero-order valence-electron chi connectivity index (χ0n) is 11.7. The second-order valence-corrected chi connectivity index (χ2v) is 5.26. The van der Waals surface area contributed by atoms with Crippen LogP contribution in [0, 0.1) is 0 Å². The highest BCUT2D eigenvalue weighted by atomic mass is 32.2. The maximum Gasteiger partial charge on any atom is 0.337 e. The summed E-state index contributed by atoms with van der Waals surface area (Å²) in [6.07, 6.45) is 2.87. The number of hydrogen-bond acceptors (Lipinski definition) is 8. The number of carbonyl (C=O) groups is 2. The average Bonchev–Trinajstić information content (AvgIpc) is 2.44. The molecule has 1 aromatic heterocycles. The van der Waals surface area contributed by atoms with Crippen LogP contribution in [0.25, 0.3) is 0 Å². The number of carboxylic acids is 1. The van der Waals surface area contributed by atoms with Crippen molar-refractivity contribution in [3.8, 4) is 0 Å². The minimum atomic E-state index is -1.91. The highest BCUT2D eigenvalue weighted by Gasteiger charge is 2.29. The predicted molar refractivity (Wildman–Crippen MR) is 76.1 cm³/mol. The first-order valence-electron chi connectivity index (χ1n) is 6.15. The van der Waals surface area contributed by atoms with Crippen molar-refractivity contribution < 1.29 is 24.5 Å². The van der Waals surface area contributed by atoms with Crippen molar-refractivity contribution in [2.75, 3.05) is 24.2 Å². The summed E-state index contributed by atoms with van der Waals surface area (Å²) < 4.78 is 4.79. The molecule has 0 aliphatic carbocycles. The Balaban J connectivity index is 2.56. The van der Waals surface area contributed by atoms with Crippen molar-refractivity contribution in [2.45, 2.75) is 24.5 Å². The van der Waals surface area contributed by atoms with Gasteiger partial charge in [-0.2, -0.15) is 0 Å². The van der Waals surface area contributed by atoms with Gasteiger partial charge in [0.1, 0.15) is 10.8 Å². The van der Waals surface area contributed by atoms with Gasteiger partial charge in [0.25, 0.3) is 0 Å². The Kier molecular flexibility index (Phi) is 6.38. The number of hydrogen-bond donors (Lipinski definition) is 3. The van der Waals surface area contributed by atoms with Crippen molar-refractivity contribution in [3.05, 3.63) is 12.4 Å². The fraction of sp³-hybridized carbons (Fsp3) is 0.500. The van der Waals surface area contributed by atoms with Crippen LogP contribution in [-0.4, -0.2) is 56.6 Å². The van der Waals surface area contributed by atoms with Crippen LogP contribution in [-0.2, 0) is 14.3 Å². The van der Waals surface area contributed by atoms with E-state index in [4.69, 9.17) is 9.84 Å². The van der Waals surface area contributed by atoms with Crippen molar-refractivity contribution in [2.24, 2.45) is 0 Å². The van der Waals surface area contributed by atoms with E-state index in [0.717, 1.165) is 11.8 Å². The van der Waals surface area contributed by atoms with E-state index in [0.29, 0.717) is 17.5 Å². The van der Waals surface area contributed by atoms with E-state index in [1.54, 1.807) is 6.92 Å². The number of carbonyl (C=O) groups excluding carboxylic acids is 1. The molecule has 1 heterocycles. The third-order valence-corrected chi connectivity index (χ3v) is 3.20. The summed E-state index contributed by atoms with van der Waals surface area (Å²) in [5.41, 5.74) is -1.91. The normalized spacial score (nSPS) is 13.3. The molecule has 0 aliphatic rings. The molecule has 3 N–H and O–H groups in total. The maximum absolute atomic E-state index is 11.2. The summed E-state index contributed by atoms with van der Waals surface area (Å²) in [5, 5.41) is 21.5. The highest BCUT2D eigenvalue weighted by Crippen LogP contribution is 2.16. The smallest absolute Gasteiger partial charge is 0.337 e. The number of anilines is 1. The summed E-state index contributed by atoms with van der Waals surface area (Å²) >= 11 is 1.16. The number of rotatable bonds is 8. The number of thioether (sulfide) groups is 1. The molecule has 0 saturated carbocycles. The Hall–Kier alpha value is -1.87. The van der Waals surface area contributed by atoms with Crippen LogP contribution >= 0.6 is 11.8 Å². The quantitative estimate of drug-likeness (QED) is 0.461.